The van der Waals surface area contributed by atoms with E-state index in [-0.39, 0.29) is 0 Å². The van der Waals surface area contributed by atoms with Gasteiger partial charge in [-0.05, 0) is 50.5 Å². The fraction of sp³-hybridized carbons (Fsp3) is 0.429. The van der Waals surface area contributed by atoms with Crippen LogP contribution in [-0.2, 0) is 17.8 Å². The molecule has 2 saturated heterocycles. The molecule has 2 bridgehead atoms. The molecule has 5 heterocycles. The average molecular weight is 499 g/mol. The molecule has 0 aliphatic carbocycles. The molecule has 0 radical (unpaired) electrons. The third kappa shape index (κ3) is 4.76. The molecule has 3 aromatic heterocycles. The molecule has 2 aliphatic heterocycles. The summed E-state index contributed by atoms with van der Waals surface area (Å²) >= 11 is 0. The Bertz CT molecular complexity index is 1390. The summed E-state index contributed by atoms with van der Waals surface area (Å²) in [6.07, 6.45) is 2.96. The number of aromatic nitrogens is 5. The summed E-state index contributed by atoms with van der Waals surface area (Å²) in [5.74, 6) is 2.26. The summed E-state index contributed by atoms with van der Waals surface area (Å²) in [5, 5.41) is 8.28. The first-order chi connectivity index (χ1) is 18.1. The maximum atomic E-state index is 5.61. The summed E-state index contributed by atoms with van der Waals surface area (Å²) in [5.41, 5.74) is 5.16. The number of likely N-dealkylation sites (tertiary alicyclic amines) is 1. The third-order valence-corrected chi connectivity index (χ3v) is 7.40. The SMILES string of the molecule is CCOCCn1nc(C)c2nc(N3C[C@H]4C[C@@H]3CN4Cc3ccccc3)nc(Nc3cc(C)ccn3)c21. The van der Waals surface area contributed by atoms with Crippen LogP contribution in [0.3, 0.4) is 0 Å². The minimum absolute atomic E-state index is 0.407. The van der Waals surface area contributed by atoms with E-state index in [0.29, 0.717) is 31.8 Å². The van der Waals surface area contributed by atoms with Gasteiger partial charge in [-0.25, -0.2) is 9.97 Å². The van der Waals surface area contributed by atoms with Gasteiger partial charge in [-0.3, -0.25) is 9.58 Å². The first-order valence-electron chi connectivity index (χ1n) is 13.2. The Morgan fingerprint density at radius 2 is 1.92 bits per heavy atom. The van der Waals surface area contributed by atoms with Gasteiger partial charge in [0.15, 0.2) is 5.82 Å². The molecule has 1 aromatic carbocycles. The van der Waals surface area contributed by atoms with Crippen LogP contribution in [0.4, 0.5) is 17.6 Å². The van der Waals surface area contributed by atoms with Gasteiger partial charge in [0.2, 0.25) is 5.95 Å². The van der Waals surface area contributed by atoms with Gasteiger partial charge in [0.1, 0.15) is 16.9 Å². The second-order valence-electron chi connectivity index (χ2n) is 10.0. The number of piperazine rings is 1. The summed E-state index contributed by atoms with van der Waals surface area (Å²) in [7, 11) is 0. The highest BCUT2D eigenvalue weighted by Gasteiger charge is 2.44. The number of rotatable bonds is 9. The van der Waals surface area contributed by atoms with Crippen molar-refractivity contribution in [3.8, 4) is 0 Å². The Labute approximate surface area is 217 Å². The number of nitrogens with zero attached hydrogens (tertiary/aromatic N) is 7. The number of hydrogen-bond donors (Lipinski definition) is 1. The number of anilines is 3. The number of benzene rings is 1. The first-order valence-corrected chi connectivity index (χ1v) is 13.2. The van der Waals surface area contributed by atoms with Gasteiger partial charge in [-0.15, -0.1) is 0 Å². The van der Waals surface area contributed by atoms with Crippen LogP contribution in [0.15, 0.2) is 48.7 Å². The maximum absolute atomic E-state index is 5.61. The van der Waals surface area contributed by atoms with Crippen LogP contribution in [0, 0.1) is 13.8 Å². The number of pyridine rings is 1. The lowest BCUT2D eigenvalue weighted by Gasteiger charge is -2.34. The van der Waals surface area contributed by atoms with Crippen LogP contribution in [0.1, 0.15) is 30.2 Å². The molecule has 0 unspecified atom stereocenters. The molecular formula is C28H34N8O. The van der Waals surface area contributed by atoms with Gasteiger partial charge < -0.3 is 15.0 Å². The van der Waals surface area contributed by atoms with Crippen LogP contribution in [0.25, 0.3) is 11.0 Å². The Morgan fingerprint density at radius 3 is 2.68 bits per heavy atom. The number of fused-ring (bicyclic) bond motifs is 3. The number of hydrogen-bond acceptors (Lipinski definition) is 8. The molecule has 37 heavy (non-hydrogen) atoms. The fourth-order valence-electron chi connectivity index (χ4n) is 5.62. The highest BCUT2D eigenvalue weighted by Crippen LogP contribution is 2.36. The van der Waals surface area contributed by atoms with Crippen molar-refractivity contribution >= 4 is 28.6 Å². The van der Waals surface area contributed by atoms with Crippen molar-refractivity contribution in [2.45, 2.75) is 52.4 Å². The largest absolute Gasteiger partial charge is 0.380 e. The van der Waals surface area contributed by atoms with Crippen LogP contribution in [0.5, 0.6) is 0 Å². The minimum Gasteiger partial charge on any atom is -0.380 e. The van der Waals surface area contributed by atoms with E-state index in [1.54, 1.807) is 0 Å². The van der Waals surface area contributed by atoms with Gasteiger partial charge >= 0.3 is 0 Å². The smallest absolute Gasteiger partial charge is 0.228 e. The summed E-state index contributed by atoms with van der Waals surface area (Å²) in [4.78, 5) is 19.7. The lowest BCUT2D eigenvalue weighted by Crippen LogP contribution is -2.46. The predicted molar refractivity (Wildman–Crippen MR) is 145 cm³/mol. The van der Waals surface area contributed by atoms with E-state index in [4.69, 9.17) is 19.8 Å². The lowest BCUT2D eigenvalue weighted by molar-refractivity contribution is 0.137. The molecule has 0 amide bonds. The van der Waals surface area contributed by atoms with E-state index in [1.165, 1.54) is 5.56 Å². The summed E-state index contributed by atoms with van der Waals surface area (Å²) in [6.45, 7) is 10.9. The highest BCUT2D eigenvalue weighted by atomic mass is 16.5. The van der Waals surface area contributed by atoms with Crippen molar-refractivity contribution < 1.29 is 4.74 Å². The minimum atomic E-state index is 0.407. The summed E-state index contributed by atoms with van der Waals surface area (Å²) in [6, 6.07) is 15.7. The van der Waals surface area contributed by atoms with E-state index >= 15 is 0 Å². The molecular weight excluding hydrogens is 464 g/mol. The van der Waals surface area contributed by atoms with Crippen molar-refractivity contribution in [3.63, 3.8) is 0 Å². The molecule has 6 rings (SSSR count). The number of aryl methyl sites for hydroxylation is 2. The van der Waals surface area contributed by atoms with Crippen molar-refractivity contribution in [1.82, 2.24) is 29.6 Å². The van der Waals surface area contributed by atoms with Crippen molar-refractivity contribution in [3.05, 3.63) is 65.5 Å². The summed E-state index contributed by atoms with van der Waals surface area (Å²) < 4.78 is 7.57. The van der Waals surface area contributed by atoms with E-state index in [1.807, 2.05) is 36.9 Å². The molecule has 1 N–H and O–H groups in total. The first kappa shape index (κ1) is 23.8. The molecule has 2 fully saturated rings. The third-order valence-electron chi connectivity index (χ3n) is 7.40. The van der Waals surface area contributed by atoms with Crippen molar-refractivity contribution in [2.24, 2.45) is 0 Å². The maximum Gasteiger partial charge on any atom is 0.228 e. The molecule has 192 valence electrons. The van der Waals surface area contributed by atoms with Gasteiger partial charge in [0.05, 0.1) is 18.8 Å². The Kier molecular flexibility index (Phi) is 6.48. The second-order valence-corrected chi connectivity index (χ2v) is 10.0. The van der Waals surface area contributed by atoms with Crippen LogP contribution in [-0.4, -0.2) is 68.0 Å². The van der Waals surface area contributed by atoms with Crippen LogP contribution < -0.4 is 10.2 Å². The highest BCUT2D eigenvalue weighted by molar-refractivity contribution is 5.90. The second kappa shape index (κ2) is 10.1. The Balaban J connectivity index is 1.31. The average Bonchev–Trinajstić information content (AvgIpc) is 3.58. The van der Waals surface area contributed by atoms with E-state index in [2.05, 4.69) is 57.4 Å². The van der Waals surface area contributed by atoms with Crippen molar-refractivity contribution in [2.75, 3.05) is 36.5 Å². The van der Waals surface area contributed by atoms with E-state index in [0.717, 1.165) is 65.9 Å². The van der Waals surface area contributed by atoms with Crippen LogP contribution >= 0.6 is 0 Å². The van der Waals surface area contributed by atoms with Gasteiger partial charge in [-0.2, -0.15) is 10.1 Å². The molecule has 9 nitrogen and oxygen atoms in total. The number of nitrogens with one attached hydrogen (secondary N) is 1. The topological polar surface area (TPSA) is 84.2 Å². The normalized spacial score (nSPS) is 19.3. The zero-order valence-electron chi connectivity index (χ0n) is 21.8. The Morgan fingerprint density at radius 1 is 1.05 bits per heavy atom. The quantitative estimate of drug-likeness (QED) is 0.346. The van der Waals surface area contributed by atoms with Crippen LogP contribution in [0.2, 0.25) is 0 Å². The van der Waals surface area contributed by atoms with E-state index in [9.17, 15) is 0 Å². The molecule has 4 aromatic rings. The molecule has 0 saturated carbocycles. The Hall–Kier alpha value is -3.56. The molecule has 0 spiro atoms. The zero-order valence-corrected chi connectivity index (χ0v) is 21.8. The molecule has 2 atom stereocenters. The van der Waals surface area contributed by atoms with Crippen molar-refractivity contribution in [1.29, 1.82) is 0 Å². The van der Waals surface area contributed by atoms with Gasteiger partial charge in [-0.1, -0.05) is 30.3 Å². The standard InChI is InChI=1S/C28H34N8O/c1-4-37-13-12-36-26-25(20(3)33-36)31-28(32-27(26)30-24-14-19(2)10-11-29-24)35-18-22-15-23(35)17-34(22)16-21-8-6-5-7-9-21/h5-11,14,22-23H,4,12-13,15-18H2,1-3H3,(H,29,30,31,32)/t22-,23-/m1/s1. The number of ether oxygens (including phenoxy) is 1. The predicted octanol–water partition coefficient (Wildman–Crippen LogP) is 4.08. The van der Waals surface area contributed by atoms with Gasteiger partial charge in [0.25, 0.3) is 0 Å². The molecule has 2 aliphatic rings. The lowest BCUT2D eigenvalue weighted by atomic mass is 10.2. The van der Waals surface area contributed by atoms with Gasteiger partial charge in [0, 0.05) is 44.5 Å². The zero-order chi connectivity index (χ0) is 25.4. The molecule has 9 heteroatoms. The monoisotopic (exact) mass is 498 g/mol. The fourth-order valence-corrected chi connectivity index (χ4v) is 5.62. The van der Waals surface area contributed by atoms with E-state index < -0.39 is 0 Å².